The van der Waals surface area contributed by atoms with Crippen molar-refractivity contribution in [1.82, 2.24) is 4.98 Å². The third kappa shape index (κ3) is 3.26. The van der Waals surface area contributed by atoms with E-state index in [4.69, 9.17) is 10.5 Å². The maximum absolute atomic E-state index is 5.69. The van der Waals surface area contributed by atoms with Crippen LogP contribution in [0.2, 0.25) is 0 Å². The number of hydrogen-bond donors (Lipinski definition) is 1. The number of nitrogens with zero attached hydrogens (tertiary/aromatic N) is 1. The molecule has 86 valence electrons. The van der Waals surface area contributed by atoms with Gasteiger partial charge in [-0.1, -0.05) is 6.92 Å². The molecule has 0 aliphatic heterocycles. The number of nitrogens with two attached hydrogens (primary N) is 1. The molecule has 3 nitrogen and oxygen atoms in total. The van der Waals surface area contributed by atoms with Gasteiger partial charge in [0.25, 0.3) is 0 Å². The molecule has 0 aliphatic rings. The van der Waals surface area contributed by atoms with E-state index >= 15 is 0 Å². The Morgan fingerprint density at radius 3 is 2.80 bits per heavy atom. The summed E-state index contributed by atoms with van der Waals surface area (Å²) in [6.45, 7) is 7.57. The Hall–Kier alpha value is -0.450. The van der Waals surface area contributed by atoms with Gasteiger partial charge in [-0.15, -0.1) is 11.3 Å². The highest BCUT2D eigenvalue weighted by atomic mass is 32.1. The number of hydrogen-bond acceptors (Lipinski definition) is 4. The van der Waals surface area contributed by atoms with E-state index in [1.165, 1.54) is 0 Å². The monoisotopic (exact) mass is 228 g/mol. The molecule has 2 unspecified atom stereocenters. The Bertz CT molecular complexity index is 284. The van der Waals surface area contributed by atoms with E-state index in [1.54, 1.807) is 11.3 Å². The van der Waals surface area contributed by atoms with Gasteiger partial charge in [-0.05, 0) is 20.3 Å². The lowest BCUT2D eigenvalue weighted by Crippen LogP contribution is -2.12. The second-order valence-corrected chi connectivity index (χ2v) is 4.44. The number of rotatable bonds is 6. The summed E-state index contributed by atoms with van der Waals surface area (Å²) < 4.78 is 5.50. The Morgan fingerprint density at radius 2 is 2.27 bits per heavy atom. The molecule has 1 rings (SSSR count). The number of aromatic nitrogens is 1. The van der Waals surface area contributed by atoms with Crippen molar-refractivity contribution in [2.24, 2.45) is 5.73 Å². The Balaban J connectivity index is 2.70. The average molecular weight is 228 g/mol. The summed E-state index contributed by atoms with van der Waals surface area (Å²) in [6, 6.07) is 0. The lowest BCUT2D eigenvalue weighted by atomic mass is 10.0. The van der Waals surface area contributed by atoms with Gasteiger partial charge in [0.2, 0.25) is 0 Å². The molecule has 0 saturated carbocycles. The van der Waals surface area contributed by atoms with Gasteiger partial charge in [-0.3, -0.25) is 0 Å². The summed E-state index contributed by atoms with van der Waals surface area (Å²) in [5.74, 6) is 0.392. The summed E-state index contributed by atoms with van der Waals surface area (Å²) in [5.41, 5.74) is 6.81. The van der Waals surface area contributed by atoms with Crippen LogP contribution in [0.4, 0.5) is 0 Å². The van der Waals surface area contributed by atoms with Crippen molar-refractivity contribution in [3.05, 3.63) is 16.1 Å². The van der Waals surface area contributed by atoms with Crippen LogP contribution in [0.3, 0.4) is 0 Å². The second kappa shape index (κ2) is 6.20. The molecule has 0 fully saturated rings. The van der Waals surface area contributed by atoms with Gasteiger partial charge < -0.3 is 10.5 Å². The largest absolute Gasteiger partial charge is 0.372 e. The third-order valence-corrected chi connectivity index (χ3v) is 3.52. The quantitative estimate of drug-likeness (QED) is 0.814. The standard InChI is InChI=1S/C11H20N2OS/c1-4-9(6-12)10-7-15-11(13-10)8(3)14-5-2/h7-9H,4-6,12H2,1-3H3. The van der Waals surface area contributed by atoms with Crippen molar-refractivity contribution >= 4 is 11.3 Å². The lowest BCUT2D eigenvalue weighted by molar-refractivity contribution is 0.0760. The molecule has 1 heterocycles. The highest BCUT2D eigenvalue weighted by Gasteiger charge is 2.14. The van der Waals surface area contributed by atoms with Crippen LogP contribution in [0, 0.1) is 0 Å². The summed E-state index contributed by atoms with van der Waals surface area (Å²) in [5, 5.41) is 3.16. The fourth-order valence-corrected chi connectivity index (χ4v) is 2.40. The summed E-state index contributed by atoms with van der Waals surface area (Å²) in [7, 11) is 0. The molecule has 0 saturated heterocycles. The van der Waals surface area contributed by atoms with E-state index in [0.717, 1.165) is 23.7 Å². The van der Waals surface area contributed by atoms with E-state index in [0.29, 0.717) is 12.5 Å². The molecular weight excluding hydrogens is 208 g/mol. The summed E-state index contributed by atoms with van der Waals surface area (Å²) >= 11 is 1.66. The van der Waals surface area contributed by atoms with E-state index in [-0.39, 0.29) is 6.10 Å². The van der Waals surface area contributed by atoms with Crippen molar-refractivity contribution in [2.45, 2.75) is 39.2 Å². The highest BCUT2D eigenvalue weighted by molar-refractivity contribution is 7.09. The third-order valence-electron chi connectivity index (χ3n) is 2.50. The normalized spacial score (nSPS) is 15.2. The van der Waals surface area contributed by atoms with Crippen molar-refractivity contribution in [1.29, 1.82) is 0 Å². The van der Waals surface area contributed by atoms with E-state index in [1.807, 2.05) is 13.8 Å². The van der Waals surface area contributed by atoms with Crippen LogP contribution in [0.15, 0.2) is 5.38 Å². The zero-order valence-corrected chi connectivity index (χ0v) is 10.5. The Labute approximate surface area is 95.7 Å². The maximum atomic E-state index is 5.69. The summed E-state index contributed by atoms with van der Waals surface area (Å²) in [6.07, 6.45) is 1.15. The second-order valence-electron chi connectivity index (χ2n) is 3.55. The molecule has 0 amide bonds. The predicted octanol–water partition coefficient (Wildman–Crippen LogP) is 2.69. The van der Waals surface area contributed by atoms with E-state index < -0.39 is 0 Å². The minimum atomic E-state index is 0.101. The van der Waals surface area contributed by atoms with Crippen LogP contribution >= 0.6 is 11.3 Å². The van der Waals surface area contributed by atoms with Crippen LogP contribution in [0.5, 0.6) is 0 Å². The molecule has 1 aromatic rings. The van der Waals surface area contributed by atoms with Gasteiger partial charge >= 0.3 is 0 Å². The zero-order chi connectivity index (χ0) is 11.3. The van der Waals surface area contributed by atoms with Crippen LogP contribution in [0.25, 0.3) is 0 Å². The van der Waals surface area contributed by atoms with Crippen LogP contribution in [-0.4, -0.2) is 18.1 Å². The first-order valence-corrected chi connectivity index (χ1v) is 6.37. The fraction of sp³-hybridized carbons (Fsp3) is 0.727. The van der Waals surface area contributed by atoms with Crippen LogP contribution in [0.1, 0.15) is 49.9 Å². The molecule has 0 aliphatic carbocycles. The van der Waals surface area contributed by atoms with Crippen molar-refractivity contribution in [2.75, 3.05) is 13.2 Å². The first-order chi connectivity index (χ1) is 7.22. The number of ether oxygens (including phenoxy) is 1. The molecule has 4 heteroatoms. The van der Waals surface area contributed by atoms with Gasteiger partial charge in [0.15, 0.2) is 0 Å². The SMILES string of the molecule is CCOC(C)c1nc(C(CC)CN)cs1. The topological polar surface area (TPSA) is 48.1 Å². The zero-order valence-electron chi connectivity index (χ0n) is 9.69. The smallest absolute Gasteiger partial charge is 0.121 e. The Kier molecular flexibility index (Phi) is 5.22. The molecule has 2 atom stereocenters. The lowest BCUT2D eigenvalue weighted by Gasteiger charge is -2.09. The minimum Gasteiger partial charge on any atom is -0.372 e. The van der Waals surface area contributed by atoms with E-state index in [9.17, 15) is 0 Å². The van der Waals surface area contributed by atoms with Crippen LogP contribution < -0.4 is 5.73 Å². The summed E-state index contributed by atoms with van der Waals surface area (Å²) in [4.78, 5) is 4.58. The average Bonchev–Trinajstić information content (AvgIpc) is 2.69. The van der Waals surface area contributed by atoms with Gasteiger partial charge in [0.1, 0.15) is 11.1 Å². The first-order valence-electron chi connectivity index (χ1n) is 5.49. The highest BCUT2D eigenvalue weighted by Crippen LogP contribution is 2.25. The first kappa shape index (κ1) is 12.6. The molecule has 2 N–H and O–H groups in total. The van der Waals surface area contributed by atoms with Gasteiger partial charge in [-0.2, -0.15) is 0 Å². The minimum absolute atomic E-state index is 0.101. The number of thiazole rings is 1. The Morgan fingerprint density at radius 1 is 1.53 bits per heavy atom. The molecule has 1 aromatic heterocycles. The van der Waals surface area contributed by atoms with Crippen LogP contribution in [-0.2, 0) is 4.74 Å². The van der Waals surface area contributed by atoms with Crippen molar-refractivity contribution < 1.29 is 4.74 Å². The van der Waals surface area contributed by atoms with E-state index in [2.05, 4.69) is 17.3 Å². The maximum Gasteiger partial charge on any atom is 0.121 e. The van der Waals surface area contributed by atoms with Crippen molar-refractivity contribution in [3.8, 4) is 0 Å². The molecular formula is C11H20N2OS. The molecule has 15 heavy (non-hydrogen) atoms. The molecule has 0 radical (unpaired) electrons. The van der Waals surface area contributed by atoms with Gasteiger partial charge in [0.05, 0.1) is 5.69 Å². The molecule has 0 bridgehead atoms. The van der Waals surface area contributed by atoms with Gasteiger partial charge in [0, 0.05) is 24.4 Å². The fourth-order valence-electron chi connectivity index (χ4n) is 1.49. The molecule has 0 aromatic carbocycles. The predicted molar refractivity (Wildman–Crippen MR) is 64.2 cm³/mol. The van der Waals surface area contributed by atoms with Crippen molar-refractivity contribution in [3.63, 3.8) is 0 Å². The van der Waals surface area contributed by atoms with Gasteiger partial charge in [-0.25, -0.2) is 4.98 Å². The molecule has 0 spiro atoms.